The minimum atomic E-state index is -0.664. The summed E-state index contributed by atoms with van der Waals surface area (Å²) in [6, 6.07) is 6.50. The van der Waals surface area contributed by atoms with Crippen molar-refractivity contribution in [3.8, 4) is 10.9 Å². The van der Waals surface area contributed by atoms with Gasteiger partial charge in [-0.1, -0.05) is 11.3 Å². The summed E-state index contributed by atoms with van der Waals surface area (Å²) in [6.07, 6.45) is 1.48. The maximum atomic E-state index is 11.9. The molecule has 0 N–H and O–H groups in total. The highest BCUT2D eigenvalue weighted by atomic mass is 35.5. The van der Waals surface area contributed by atoms with Crippen LogP contribution in [0.1, 0.15) is 30.4 Å². The van der Waals surface area contributed by atoms with Crippen LogP contribution in [0.3, 0.4) is 0 Å². The van der Waals surface area contributed by atoms with Crippen molar-refractivity contribution >= 4 is 41.2 Å². The minimum absolute atomic E-state index is 0.356. The maximum Gasteiger partial charge on any atom is 0.429 e. The van der Waals surface area contributed by atoms with E-state index in [9.17, 15) is 9.59 Å². The van der Waals surface area contributed by atoms with E-state index in [-0.39, 0.29) is 0 Å². The number of anilines is 1. The van der Waals surface area contributed by atoms with E-state index in [1.165, 1.54) is 6.20 Å². The molecule has 1 heterocycles. The number of amides is 1. The van der Waals surface area contributed by atoms with Crippen LogP contribution >= 0.6 is 23.1 Å². The third-order valence-corrected chi connectivity index (χ3v) is 3.57. The molecule has 2 aromatic rings. The van der Waals surface area contributed by atoms with Crippen LogP contribution in [-0.2, 0) is 4.74 Å². The first-order valence-electron chi connectivity index (χ1n) is 6.66. The average molecular weight is 355 g/mol. The van der Waals surface area contributed by atoms with Gasteiger partial charge in [0.2, 0.25) is 0 Å². The van der Waals surface area contributed by atoms with Gasteiger partial charge in [0.25, 0.3) is 5.19 Å². The number of carbonyl (C=O) groups excluding carboxylic acids is 2. The number of benzene rings is 1. The van der Waals surface area contributed by atoms with Crippen LogP contribution in [0.4, 0.5) is 10.5 Å². The van der Waals surface area contributed by atoms with Crippen molar-refractivity contribution in [1.29, 1.82) is 0 Å². The zero-order valence-corrected chi connectivity index (χ0v) is 14.4. The van der Waals surface area contributed by atoms with Gasteiger partial charge in [-0.3, -0.25) is 4.79 Å². The normalized spacial score (nSPS) is 11.0. The van der Waals surface area contributed by atoms with Crippen molar-refractivity contribution in [3.63, 3.8) is 0 Å². The Morgan fingerprint density at radius 3 is 2.48 bits per heavy atom. The molecule has 0 fully saturated rings. The number of nitrogens with zero attached hydrogens (tertiary/aromatic N) is 2. The Balaban J connectivity index is 2.03. The largest absolute Gasteiger partial charge is 0.443 e. The number of halogens is 1. The summed E-state index contributed by atoms with van der Waals surface area (Å²) in [5.74, 6) is 0.509. The zero-order chi connectivity index (χ0) is 17.0. The van der Waals surface area contributed by atoms with Gasteiger partial charge in [0.1, 0.15) is 11.4 Å². The third-order valence-electron chi connectivity index (χ3n) is 2.44. The summed E-state index contributed by atoms with van der Waals surface area (Å²) >= 11 is 7.10. The Morgan fingerprint density at radius 1 is 1.30 bits per heavy atom. The lowest BCUT2D eigenvalue weighted by Gasteiger charge is -2.22. The van der Waals surface area contributed by atoms with Crippen LogP contribution < -0.4 is 9.16 Å². The number of rotatable bonds is 4. The van der Waals surface area contributed by atoms with Crippen LogP contribution in [0.2, 0.25) is 0 Å². The average Bonchev–Trinajstić information content (AvgIpc) is 2.93. The van der Waals surface area contributed by atoms with Gasteiger partial charge in [0.15, 0.2) is 6.29 Å². The summed E-state index contributed by atoms with van der Waals surface area (Å²) in [5, 5.41) is 0.356. The molecule has 8 heteroatoms. The van der Waals surface area contributed by atoms with E-state index < -0.39 is 11.7 Å². The molecule has 0 spiro atoms. The molecule has 1 aromatic carbocycles. The Morgan fingerprint density at radius 2 is 1.96 bits per heavy atom. The fourth-order valence-electron chi connectivity index (χ4n) is 1.52. The number of hydrogen-bond donors (Lipinski definition) is 0. The van der Waals surface area contributed by atoms with Crippen LogP contribution in [0, 0.1) is 0 Å². The van der Waals surface area contributed by atoms with E-state index in [1.54, 1.807) is 45.0 Å². The summed E-state index contributed by atoms with van der Waals surface area (Å²) in [4.78, 5) is 26.9. The second-order valence-corrected chi connectivity index (χ2v) is 6.87. The lowest BCUT2D eigenvalue weighted by Crippen LogP contribution is -2.31. The molecule has 0 saturated heterocycles. The van der Waals surface area contributed by atoms with Gasteiger partial charge in [-0.2, -0.15) is 4.42 Å². The molecule has 23 heavy (non-hydrogen) atoms. The zero-order valence-electron chi connectivity index (χ0n) is 12.8. The molecule has 0 aliphatic carbocycles. The van der Waals surface area contributed by atoms with Gasteiger partial charge >= 0.3 is 6.09 Å². The molecule has 6 nitrogen and oxygen atoms in total. The first kappa shape index (κ1) is 17.2. The van der Waals surface area contributed by atoms with Crippen molar-refractivity contribution in [2.75, 3.05) is 4.42 Å². The molecule has 122 valence electrons. The highest BCUT2D eigenvalue weighted by Crippen LogP contribution is 2.28. The second kappa shape index (κ2) is 6.97. The molecule has 0 unspecified atom stereocenters. The molecule has 0 bridgehead atoms. The molecule has 1 aromatic heterocycles. The van der Waals surface area contributed by atoms with Gasteiger partial charge in [-0.15, -0.1) is 0 Å². The Hall–Kier alpha value is -2.12. The monoisotopic (exact) mass is 354 g/mol. The lowest BCUT2D eigenvalue weighted by molar-refractivity contribution is 0.0609. The van der Waals surface area contributed by atoms with Gasteiger partial charge in [0.05, 0.1) is 16.8 Å². The fraction of sp³-hybridized carbons (Fsp3) is 0.267. The first-order valence-corrected chi connectivity index (χ1v) is 7.82. The van der Waals surface area contributed by atoms with Gasteiger partial charge in [-0.05, 0) is 45.0 Å². The van der Waals surface area contributed by atoms with Gasteiger partial charge < -0.3 is 9.47 Å². The quantitative estimate of drug-likeness (QED) is 0.590. The SMILES string of the molecule is CC(C)(C)OC(=O)N(Cl)c1ccc(Oc2ncc(C=O)s2)cc1. The minimum Gasteiger partial charge on any atom is -0.443 e. The standard InChI is InChI=1S/C15H15ClN2O4S/c1-15(2,3)22-14(20)18(16)10-4-6-11(7-5-10)21-13-17-8-12(9-19)23-13/h4-9H,1-3H3. The van der Waals surface area contributed by atoms with Crippen molar-refractivity contribution in [2.24, 2.45) is 0 Å². The second-order valence-electron chi connectivity index (χ2n) is 5.50. The van der Waals surface area contributed by atoms with Crippen LogP contribution in [0.5, 0.6) is 10.9 Å². The van der Waals surface area contributed by atoms with E-state index in [1.807, 2.05) is 0 Å². The van der Waals surface area contributed by atoms with Crippen LogP contribution in [0.25, 0.3) is 0 Å². The van der Waals surface area contributed by atoms with Gasteiger partial charge in [-0.25, -0.2) is 9.78 Å². The topological polar surface area (TPSA) is 68.7 Å². The predicted octanol–water partition coefficient (Wildman–Crippen LogP) is 4.64. The van der Waals surface area contributed by atoms with Crippen LogP contribution in [-0.4, -0.2) is 23.0 Å². The van der Waals surface area contributed by atoms with E-state index in [0.717, 1.165) is 15.8 Å². The maximum absolute atomic E-state index is 11.9. The number of thiazole rings is 1. The molecular weight excluding hydrogens is 340 g/mol. The Kier molecular flexibility index (Phi) is 5.23. The molecular formula is C15H15ClN2O4S. The number of aromatic nitrogens is 1. The van der Waals surface area contributed by atoms with Crippen molar-refractivity contribution in [3.05, 3.63) is 35.3 Å². The lowest BCUT2D eigenvalue weighted by atomic mass is 10.2. The summed E-state index contributed by atoms with van der Waals surface area (Å²) in [7, 11) is 0. The Labute approximate surface area is 142 Å². The fourth-order valence-corrected chi connectivity index (χ4v) is 2.27. The van der Waals surface area contributed by atoms with Gasteiger partial charge in [0, 0.05) is 11.8 Å². The summed E-state index contributed by atoms with van der Waals surface area (Å²) in [5.41, 5.74) is -0.185. The van der Waals surface area contributed by atoms with E-state index in [0.29, 0.717) is 27.8 Å². The van der Waals surface area contributed by atoms with Crippen molar-refractivity contribution < 1.29 is 19.1 Å². The van der Waals surface area contributed by atoms with Crippen LogP contribution in [0.15, 0.2) is 30.5 Å². The predicted molar refractivity (Wildman–Crippen MR) is 88.6 cm³/mol. The van der Waals surface area contributed by atoms with E-state index >= 15 is 0 Å². The molecule has 0 saturated carbocycles. The molecule has 0 atom stereocenters. The Bertz CT molecular complexity index is 694. The van der Waals surface area contributed by atoms with E-state index in [4.69, 9.17) is 21.3 Å². The highest BCUT2D eigenvalue weighted by Gasteiger charge is 2.22. The third kappa shape index (κ3) is 4.94. The molecule has 0 aliphatic heterocycles. The van der Waals surface area contributed by atoms with E-state index in [2.05, 4.69) is 4.98 Å². The smallest absolute Gasteiger partial charge is 0.429 e. The molecule has 2 rings (SSSR count). The first-order chi connectivity index (χ1) is 10.8. The summed E-state index contributed by atoms with van der Waals surface area (Å²) < 4.78 is 11.6. The number of aldehydes is 1. The number of ether oxygens (including phenoxy) is 2. The number of carbonyl (C=O) groups is 2. The van der Waals surface area contributed by atoms with Crippen molar-refractivity contribution in [1.82, 2.24) is 4.98 Å². The summed E-state index contributed by atoms with van der Waals surface area (Å²) in [6.45, 7) is 5.27. The highest BCUT2D eigenvalue weighted by molar-refractivity contribution is 7.15. The number of hydrogen-bond acceptors (Lipinski definition) is 6. The molecule has 0 aliphatic rings. The molecule has 1 amide bonds. The van der Waals surface area contributed by atoms with Crippen molar-refractivity contribution in [2.45, 2.75) is 26.4 Å². The molecule has 0 radical (unpaired) electrons.